The monoisotopic (exact) mass is 838 g/mol. The average Bonchev–Trinajstić information content (AvgIpc) is 3.05. The molecule has 1 unspecified atom stereocenters. The molecule has 22 heteroatoms. The first kappa shape index (κ1) is 45.9. The van der Waals surface area contributed by atoms with E-state index in [0.29, 0.717) is 24.1 Å². The molecule has 0 saturated heterocycles. The average molecular weight is 841 g/mol. The van der Waals surface area contributed by atoms with Gasteiger partial charge in [-0.05, 0) is 43.7 Å². The summed E-state index contributed by atoms with van der Waals surface area (Å²) < 4.78 is 49.6. The number of nitro benzene ring substituents is 2. The van der Waals surface area contributed by atoms with Gasteiger partial charge >= 0.3 is 18.1 Å². The molecule has 2 N–H and O–H groups in total. The smallest absolute Gasteiger partial charge is 0.416 e. The van der Waals surface area contributed by atoms with Crippen molar-refractivity contribution in [2.45, 2.75) is 36.3 Å². The molecule has 0 saturated carbocycles. The second-order valence-corrected chi connectivity index (χ2v) is 13.1. The number of rotatable bonds is 11. The zero-order valence-electron chi connectivity index (χ0n) is 26.6. The second-order valence-electron chi connectivity index (χ2n) is 10.0. The molecule has 0 aromatic heterocycles. The van der Waals surface area contributed by atoms with E-state index in [1.165, 1.54) is 24.0 Å². The fourth-order valence-corrected chi connectivity index (χ4v) is 4.44. The van der Waals surface area contributed by atoms with Gasteiger partial charge in [0.1, 0.15) is 11.9 Å². The molecule has 52 heavy (non-hydrogen) atoms. The zero-order valence-corrected chi connectivity index (χ0v) is 30.4. The number of hydrogen-bond acceptors (Lipinski definition) is 8. The first-order chi connectivity index (χ1) is 24.0. The summed E-state index contributed by atoms with van der Waals surface area (Å²) in [7, 11) is 0. The minimum absolute atomic E-state index is 0.00926. The fourth-order valence-electron chi connectivity index (χ4n) is 4.06. The highest BCUT2D eigenvalue weighted by Gasteiger charge is 2.39. The Morgan fingerprint density at radius 1 is 0.904 bits per heavy atom. The normalized spacial score (nSPS) is 11.5. The van der Waals surface area contributed by atoms with Crippen molar-refractivity contribution >= 4 is 98.6 Å². The fraction of sp³-hybridized carbons (Fsp3) is 0.300. The largest absolute Gasteiger partial charge is 0.480 e. The molecule has 3 aromatic carbocycles. The molecule has 0 aliphatic heterocycles. The topological polar surface area (TPSA) is 184 Å². The molecule has 0 radical (unpaired) electrons. The van der Waals surface area contributed by atoms with E-state index in [4.69, 9.17) is 63.1 Å². The number of carboxylic acids is 2. The predicted molar refractivity (Wildman–Crippen MR) is 188 cm³/mol. The summed E-state index contributed by atoms with van der Waals surface area (Å²) >= 11 is 25.7. The van der Waals surface area contributed by atoms with Gasteiger partial charge in [0.2, 0.25) is 0 Å². The van der Waals surface area contributed by atoms with Crippen molar-refractivity contribution in [1.82, 2.24) is 0 Å². The highest BCUT2D eigenvalue weighted by Crippen LogP contribution is 2.43. The van der Waals surface area contributed by atoms with Crippen LogP contribution in [0.15, 0.2) is 60.7 Å². The van der Waals surface area contributed by atoms with E-state index in [2.05, 4.69) is 0 Å². The third kappa shape index (κ3) is 13.4. The molecule has 3 rings (SSSR count). The number of nitrogens with zero attached hydrogens (tertiary/aromatic N) is 4. The third-order valence-electron chi connectivity index (χ3n) is 6.36. The van der Waals surface area contributed by atoms with Crippen molar-refractivity contribution in [1.29, 1.82) is 0 Å². The standard InChI is InChI=1S/C16H13ClFNO3.C12H13ClF3N3O4.C2HCl3O2/c1-10(16(21)22)19(12-7-8-14(18)13(17)9-12)15(20)11-5-3-2-4-6-11;1-2-4-17(5-3-13)11-9(18(20)21)6-8(12(14,15)16)7-10(11)19(22)23;3-2(4,5)1(6)7/h2-10H,1H3,(H,21,22);6-7H,2-5H2,1H3;(H,6,7). The summed E-state index contributed by atoms with van der Waals surface area (Å²) in [6.45, 7) is 3.31. The molecule has 0 fully saturated rings. The van der Waals surface area contributed by atoms with Crippen LogP contribution < -0.4 is 9.80 Å². The summed E-state index contributed by atoms with van der Waals surface area (Å²) in [6.07, 6.45) is -4.46. The lowest BCUT2D eigenvalue weighted by molar-refractivity contribution is -0.393. The number of anilines is 2. The lowest BCUT2D eigenvalue weighted by Gasteiger charge is -2.27. The van der Waals surface area contributed by atoms with Gasteiger partial charge in [0, 0.05) is 42.4 Å². The molecule has 0 aliphatic carbocycles. The van der Waals surface area contributed by atoms with Gasteiger partial charge in [-0.3, -0.25) is 29.9 Å². The van der Waals surface area contributed by atoms with Crippen LogP contribution in [-0.2, 0) is 15.8 Å². The summed E-state index contributed by atoms with van der Waals surface area (Å²) in [4.78, 5) is 56.0. The maximum absolute atomic E-state index is 13.3. The van der Waals surface area contributed by atoms with Gasteiger partial charge in [-0.2, -0.15) is 13.2 Å². The third-order valence-corrected chi connectivity index (χ3v) is 7.31. The Morgan fingerprint density at radius 2 is 1.40 bits per heavy atom. The number of halogens is 9. The number of hydrogen-bond donors (Lipinski definition) is 2. The van der Waals surface area contributed by atoms with Crippen LogP contribution in [0.5, 0.6) is 0 Å². The lowest BCUT2D eigenvalue weighted by atomic mass is 10.1. The van der Waals surface area contributed by atoms with Gasteiger partial charge < -0.3 is 15.1 Å². The molecule has 3 aromatic rings. The van der Waals surface area contributed by atoms with Crippen LogP contribution in [0.3, 0.4) is 0 Å². The number of carbonyl (C=O) groups excluding carboxylic acids is 1. The number of carboxylic acid groups (broad SMARTS) is 2. The van der Waals surface area contributed by atoms with Crippen molar-refractivity contribution in [3.63, 3.8) is 0 Å². The number of amides is 1. The van der Waals surface area contributed by atoms with Crippen LogP contribution in [-0.4, -0.2) is 66.7 Å². The van der Waals surface area contributed by atoms with Crippen molar-refractivity contribution < 1.29 is 52.0 Å². The van der Waals surface area contributed by atoms with Gasteiger partial charge in [0.25, 0.3) is 21.1 Å². The minimum Gasteiger partial charge on any atom is -0.480 e. The summed E-state index contributed by atoms with van der Waals surface area (Å²) in [6, 6.07) is 11.4. The van der Waals surface area contributed by atoms with E-state index in [-0.39, 0.29) is 29.7 Å². The minimum atomic E-state index is -4.93. The van der Waals surface area contributed by atoms with Crippen LogP contribution in [0.1, 0.15) is 36.2 Å². The number of aliphatic carboxylic acids is 2. The Kier molecular flexibility index (Phi) is 17.8. The van der Waals surface area contributed by atoms with Gasteiger partial charge in [0.05, 0.1) is 20.4 Å². The number of nitro groups is 2. The lowest BCUT2D eigenvalue weighted by Crippen LogP contribution is -2.43. The maximum Gasteiger partial charge on any atom is 0.416 e. The highest BCUT2D eigenvalue weighted by atomic mass is 35.6. The van der Waals surface area contributed by atoms with E-state index < -0.39 is 72.1 Å². The summed E-state index contributed by atoms with van der Waals surface area (Å²) in [5, 5.41) is 39.2. The Hall–Kier alpha value is -4.16. The van der Waals surface area contributed by atoms with Crippen LogP contribution in [0.25, 0.3) is 0 Å². The molecule has 13 nitrogen and oxygen atoms in total. The van der Waals surface area contributed by atoms with E-state index >= 15 is 0 Å². The molecule has 0 heterocycles. The molecule has 1 amide bonds. The Morgan fingerprint density at radius 3 is 1.77 bits per heavy atom. The summed E-state index contributed by atoms with van der Waals surface area (Å²) in [5.74, 6) is -3.77. The van der Waals surface area contributed by atoms with Crippen molar-refractivity contribution in [3.05, 3.63) is 103 Å². The van der Waals surface area contributed by atoms with Crippen molar-refractivity contribution in [3.8, 4) is 0 Å². The Bertz CT molecular complexity index is 1710. The Balaban J connectivity index is 0.000000440. The molecule has 0 aliphatic rings. The van der Waals surface area contributed by atoms with E-state index in [9.17, 15) is 57.3 Å². The number of carbonyl (C=O) groups is 3. The van der Waals surface area contributed by atoms with Crippen LogP contribution in [0.2, 0.25) is 5.02 Å². The van der Waals surface area contributed by atoms with Gasteiger partial charge in [-0.1, -0.05) is 71.5 Å². The van der Waals surface area contributed by atoms with Crippen LogP contribution in [0, 0.1) is 26.0 Å². The maximum atomic E-state index is 13.3. The van der Waals surface area contributed by atoms with E-state index in [1.54, 1.807) is 37.3 Å². The molecular formula is C30H27Cl5F4N4O9. The highest BCUT2D eigenvalue weighted by molar-refractivity contribution is 6.75. The molecule has 0 bridgehead atoms. The van der Waals surface area contributed by atoms with Gasteiger partial charge in [-0.25, -0.2) is 14.0 Å². The van der Waals surface area contributed by atoms with Crippen LogP contribution in [0.4, 0.5) is 40.3 Å². The quantitative estimate of drug-likeness (QED) is 0.0817. The number of alkyl halides is 7. The SMILES string of the molecule is CC(C(=O)O)N(C(=O)c1ccccc1)c1ccc(F)c(Cl)c1.CCCN(CCCl)c1c([N+](=O)[O-])cc(C(F)(F)F)cc1[N+](=O)[O-].O=C(O)C(Cl)(Cl)Cl. The summed E-state index contributed by atoms with van der Waals surface area (Å²) in [5.41, 5.74) is -3.29. The Labute approximate surface area is 317 Å². The second kappa shape index (κ2) is 20.2. The van der Waals surface area contributed by atoms with Crippen LogP contribution >= 0.6 is 58.0 Å². The predicted octanol–water partition coefficient (Wildman–Crippen LogP) is 9.02. The van der Waals surface area contributed by atoms with E-state index in [1.807, 2.05) is 0 Å². The molecule has 284 valence electrons. The first-order valence-corrected chi connectivity index (χ1v) is 16.3. The van der Waals surface area contributed by atoms with Crippen molar-refractivity contribution in [2.75, 3.05) is 28.8 Å². The van der Waals surface area contributed by atoms with E-state index in [0.717, 1.165) is 11.0 Å². The molecular weight excluding hydrogens is 814 g/mol. The molecule has 0 spiro atoms. The number of benzene rings is 3. The zero-order chi connectivity index (χ0) is 40.1. The van der Waals surface area contributed by atoms with Crippen molar-refractivity contribution in [2.24, 2.45) is 0 Å². The van der Waals surface area contributed by atoms with Gasteiger partial charge in [-0.15, -0.1) is 11.6 Å². The van der Waals surface area contributed by atoms with Gasteiger partial charge in [0.15, 0.2) is 5.69 Å². The first-order valence-electron chi connectivity index (χ1n) is 14.2. The molecule has 1 atom stereocenters.